The Morgan fingerprint density at radius 3 is 1.23 bits per heavy atom. The molecule has 1 N–H and O–H groups in total. The smallest absolute Gasteiger partial charge is 0.119 e. The van der Waals surface area contributed by atoms with E-state index in [2.05, 4.69) is 38.2 Å². The molecule has 0 spiro atoms. The number of aldehydes is 1. The molecule has 0 aromatic heterocycles. The minimum atomic E-state index is 0.338. The second kappa shape index (κ2) is 32.8. The minimum absolute atomic E-state index is 0.338. The van der Waals surface area contributed by atoms with E-state index in [0.29, 0.717) is 6.61 Å². The predicted molar refractivity (Wildman–Crippen MR) is 135 cm³/mol. The Labute approximate surface area is 189 Å². The van der Waals surface area contributed by atoms with Gasteiger partial charge in [-0.2, -0.15) is 0 Å². The molecule has 0 aromatic carbocycles. The molecule has 2 heteroatoms. The second-order valence-corrected chi connectivity index (χ2v) is 8.37. The molecule has 0 aliphatic rings. The lowest BCUT2D eigenvalue weighted by Gasteiger charge is -1.98. The quantitative estimate of drug-likeness (QED) is 0.107. The van der Waals surface area contributed by atoms with Crippen molar-refractivity contribution in [1.82, 2.24) is 0 Å². The first-order chi connectivity index (χ1) is 14.8. The topological polar surface area (TPSA) is 37.3 Å². The van der Waals surface area contributed by atoms with E-state index >= 15 is 0 Å². The molecule has 0 saturated carbocycles. The standard InChI is InChI=1S/C16H30O.C12H24O/c1-2-3-4-5-6-7-8-9-10-11-12-13-14-15-16-17;1-2-3-4-5-6-7-8-9-10-11-12-13/h9-10,16H,2-8,11-15H2,1H3;7-8,13H,2-6,9-12H2,1H3/b10-9-;8-7+. The van der Waals surface area contributed by atoms with Crippen LogP contribution < -0.4 is 0 Å². The third-order valence-electron chi connectivity index (χ3n) is 5.25. The van der Waals surface area contributed by atoms with Gasteiger partial charge in [-0.15, -0.1) is 0 Å². The molecule has 0 unspecified atom stereocenters. The van der Waals surface area contributed by atoms with Crippen LogP contribution >= 0.6 is 0 Å². The van der Waals surface area contributed by atoms with Crippen LogP contribution in [0.3, 0.4) is 0 Å². The summed E-state index contributed by atoms with van der Waals surface area (Å²) < 4.78 is 0. The molecule has 0 fully saturated rings. The van der Waals surface area contributed by atoms with Crippen molar-refractivity contribution >= 4 is 6.29 Å². The zero-order chi connectivity index (χ0) is 22.4. The van der Waals surface area contributed by atoms with Crippen LogP contribution in [0.15, 0.2) is 24.3 Å². The molecular weight excluding hydrogens is 368 g/mol. The van der Waals surface area contributed by atoms with E-state index in [0.717, 1.165) is 38.4 Å². The first kappa shape index (κ1) is 31.3. The summed E-state index contributed by atoms with van der Waals surface area (Å²) in [6.07, 6.45) is 35.0. The highest BCUT2D eigenvalue weighted by Gasteiger charge is 1.89. The molecular formula is C28H54O2. The van der Waals surface area contributed by atoms with Gasteiger partial charge in [-0.25, -0.2) is 0 Å². The van der Waals surface area contributed by atoms with Crippen molar-refractivity contribution in [3.05, 3.63) is 24.3 Å². The summed E-state index contributed by atoms with van der Waals surface area (Å²) in [4.78, 5) is 10.1. The fourth-order valence-electron chi connectivity index (χ4n) is 3.24. The Morgan fingerprint density at radius 2 is 0.800 bits per heavy atom. The molecule has 0 aliphatic carbocycles. The number of hydrogen-bond donors (Lipinski definition) is 1. The molecule has 0 aliphatic heterocycles. The van der Waals surface area contributed by atoms with Crippen LogP contribution in [0.25, 0.3) is 0 Å². The molecule has 0 rings (SSSR count). The number of aliphatic hydroxyl groups is 1. The highest BCUT2D eigenvalue weighted by molar-refractivity contribution is 5.48. The first-order valence-electron chi connectivity index (χ1n) is 13.2. The van der Waals surface area contributed by atoms with Crippen molar-refractivity contribution < 1.29 is 9.90 Å². The zero-order valence-corrected chi connectivity index (χ0v) is 20.6. The van der Waals surface area contributed by atoms with Gasteiger partial charge in [-0.05, 0) is 64.2 Å². The summed E-state index contributed by atoms with van der Waals surface area (Å²) in [5, 5.41) is 8.54. The monoisotopic (exact) mass is 422 g/mol. The molecule has 0 atom stereocenters. The van der Waals surface area contributed by atoms with Gasteiger partial charge < -0.3 is 9.90 Å². The summed E-state index contributed by atoms with van der Waals surface area (Å²) in [5.41, 5.74) is 0. The Balaban J connectivity index is 0. The average Bonchev–Trinajstić information content (AvgIpc) is 2.76. The molecule has 0 bridgehead atoms. The van der Waals surface area contributed by atoms with Gasteiger partial charge in [-0.1, -0.05) is 95.9 Å². The lowest BCUT2D eigenvalue weighted by atomic mass is 10.1. The normalized spacial score (nSPS) is 11.2. The maximum Gasteiger partial charge on any atom is 0.119 e. The van der Waals surface area contributed by atoms with Crippen molar-refractivity contribution in [1.29, 1.82) is 0 Å². The van der Waals surface area contributed by atoms with E-state index in [1.165, 1.54) is 96.3 Å². The number of aliphatic hydroxyl groups excluding tert-OH is 1. The second-order valence-electron chi connectivity index (χ2n) is 8.37. The third-order valence-corrected chi connectivity index (χ3v) is 5.25. The maximum atomic E-state index is 10.1. The van der Waals surface area contributed by atoms with Crippen LogP contribution in [0.2, 0.25) is 0 Å². The van der Waals surface area contributed by atoms with Crippen molar-refractivity contribution in [3.63, 3.8) is 0 Å². The molecule has 0 amide bonds. The van der Waals surface area contributed by atoms with E-state index in [1.807, 2.05) is 0 Å². The molecule has 0 aromatic rings. The molecule has 0 saturated heterocycles. The summed E-state index contributed by atoms with van der Waals surface area (Å²) in [6, 6.07) is 0. The third kappa shape index (κ3) is 34.6. The summed E-state index contributed by atoms with van der Waals surface area (Å²) in [5.74, 6) is 0. The van der Waals surface area contributed by atoms with E-state index in [9.17, 15) is 4.79 Å². The average molecular weight is 423 g/mol. The molecule has 0 radical (unpaired) electrons. The van der Waals surface area contributed by atoms with E-state index in [1.54, 1.807) is 0 Å². The predicted octanol–water partition coefficient (Wildman–Crippen LogP) is 9.12. The Morgan fingerprint density at radius 1 is 0.467 bits per heavy atom. The molecule has 0 heterocycles. The lowest BCUT2D eigenvalue weighted by Crippen LogP contribution is -1.80. The van der Waals surface area contributed by atoms with Gasteiger partial charge in [-0.3, -0.25) is 0 Å². The molecule has 2 nitrogen and oxygen atoms in total. The Bertz CT molecular complexity index is 347. The van der Waals surface area contributed by atoms with Crippen LogP contribution in [0.4, 0.5) is 0 Å². The van der Waals surface area contributed by atoms with Crippen LogP contribution in [0.1, 0.15) is 142 Å². The SMILES string of the molecule is CCCCCC/C=C/CCCCO.CCCCCCCC/C=C\CCCCCC=O. The zero-order valence-electron chi connectivity index (χ0n) is 20.6. The van der Waals surface area contributed by atoms with Gasteiger partial charge in [0.2, 0.25) is 0 Å². The van der Waals surface area contributed by atoms with Crippen molar-refractivity contribution in [2.24, 2.45) is 0 Å². The Hall–Kier alpha value is -0.890. The van der Waals surface area contributed by atoms with Crippen LogP contribution in [0.5, 0.6) is 0 Å². The van der Waals surface area contributed by atoms with E-state index in [-0.39, 0.29) is 0 Å². The largest absolute Gasteiger partial charge is 0.396 e. The number of carbonyl (C=O) groups excluding carboxylic acids is 1. The van der Waals surface area contributed by atoms with E-state index in [4.69, 9.17) is 5.11 Å². The highest BCUT2D eigenvalue weighted by Crippen LogP contribution is 2.08. The van der Waals surface area contributed by atoms with Crippen molar-refractivity contribution in [2.75, 3.05) is 6.61 Å². The lowest BCUT2D eigenvalue weighted by molar-refractivity contribution is -0.107. The van der Waals surface area contributed by atoms with Crippen molar-refractivity contribution in [2.45, 2.75) is 142 Å². The van der Waals surface area contributed by atoms with Gasteiger partial charge >= 0.3 is 0 Å². The highest BCUT2D eigenvalue weighted by atomic mass is 16.2. The molecule has 30 heavy (non-hydrogen) atoms. The van der Waals surface area contributed by atoms with Gasteiger partial charge in [0, 0.05) is 13.0 Å². The van der Waals surface area contributed by atoms with Crippen molar-refractivity contribution in [3.8, 4) is 0 Å². The number of unbranched alkanes of at least 4 members (excludes halogenated alkanes) is 16. The first-order valence-corrected chi connectivity index (χ1v) is 13.2. The van der Waals surface area contributed by atoms with Crippen LogP contribution in [-0.2, 0) is 4.79 Å². The number of rotatable bonds is 22. The Kier molecular flexibility index (Phi) is 34.2. The van der Waals surface area contributed by atoms with Gasteiger partial charge in [0.25, 0.3) is 0 Å². The fourth-order valence-corrected chi connectivity index (χ4v) is 3.24. The number of hydrogen-bond acceptors (Lipinski definition) is 2. The number of allylic oxidation sites excluding steroid dienone is 4. The van der Waals surface area contributed by atoms with Gasteiger partial charge in [0.15, 0.2) is 0 Å². The summed E-state index contributed by atoms with van der Waals surface area (Å²) >= 11 is 0. The summed E-state index contributed by atoms with van der Waals surface area (Å²) in [6.45, 7) is 4.84. The molecule has 178 valence electrons. The van der Waals surface area contributed by atoms with Crippen LogP contribution in [-0.4, -0.2) is 18.0 Å². The maximum absolute atomic E-state index is 10.1. The minimum Gasteiger partial charge on any atom is -0.396 e. The van der Waals surface area contributed by atoms with Gasteiger partial charge in [0.1, 0.15) is 6.29 Å². The van der Waals surface area contributed by atoms with E-state index < -0.39 is 0 Å². The van der Waals surface area contributed by atoms with Gasteiger partial charge in [0.05, 0.1) is 0 Å². The number of carbonyl (C=O) groups is 1. The van der Waals surface area contributed by atoms with Crippen LogP contribution in [0, 0.1) is 0 Å². The summed E-state index contributed by atoms with van der Waals surface area (Å²) in [7, 11) is 0. The fraction of sp³-hybridized carbons (Fsp3) is 0.821.